The van der Waals surface area contributed by atoms with Gasteiger partial charge in [0.15, 0.2) is 0 Å². The fraction of sp³-hybridized carbons (Fsp3) is 0.674. The molecule has 0 heterocycles. The van der Waals surface area contributed by atoms with Gasteiger partial charge in [-0.1, -0.05) is 158 Å². The topological polar surface area (TPSA) is 92.7 Å². The van der Waals surface area contributed by atoms with E-state index in [2.05, 4.69) is 86.0 Å². The molecule has 0 fully saturated rings. The Morgan fingerprint density at radius 1 is 0.538 bits per heavy atom. The van der Waals surface area contributed by atoms with Gasteiger partial charge in [-0.05, 0) is 89.5 Å². The first-order chi connectivity index (χ1) is 25.5. The van der Waals surface area contributed by atoms with E-state index in [4.69, 9.17) is 9.84 Å². The maximum atomic E-state index is 12.7. The summed E-state index contributed by atoms with van der Waals surface area (Å²) in [6.07, 6.45) is 54.7. The number of carboxylic acids is 1. The van der Waals surface area contributed by atoms with Crippen LogP contribution in [0.15, 0.2) is 72.9 Å². The highest BCUT2D eigenvalue weighted by Gasteiger charge is 2.11. The Bertz CT molecular complexity index is 1020. The van der Waals surface area contributed by atoms with E-state index in [1.54, 1.807) is 0 Å². The molecule has 6 nitrogen and oxygen atoms in total. The minimum Gasteiger partial charge on any atom is -0.480 e. The number of carboxylic acid groups (broad SMARTS) is 1. The first kappa shape index (κ1) is 48.9. The van der Waals surface area contributed by atoms with Gasteiger partial charge < -0.3 is 15.2 Å². The monoisotopic (exact) mass is 724 g/mol. The lowest BCUT2D eigenvalue weighted by atomic mass is 10.1. The average molecular weight is 724 g/mol. The quantitative estimate of drug-likeness (QED) is 0.0378. The standard InChI is InChI=1S/C46H77NO5/c1-3-5-7-9-11-13-15-16-17-18-19-20-21-22-24-26-28-33-37-41-46(51)52-43(38-34-30-27-25-23-14-12-10-8-6-4-2)39-35-31-29-32-36-40-44(48)47-42-45(49)50/h6,8,11-14,16-17,25,27,34,38,43H,3-5,7,9-10,15,18-24,26,28-33,35-37,39-42H2,1-2H3,(H,47,48)(H,49,50)/b8-6-,13-11-,14-12-,17-16-,27-25-,38-34-. The van der Waals surface area contributed by atoms with Crippen molar-refractivity contribution in [2.75, 3.05) is 6.54 Å². The third-order valence-electron chi connectivity index (χ3n) is 8.85. The van der Waals surface area contributed by atoms with Crippen molar-refractivity contribution < 1.29 is 24.2 Å². The van der Waals surface area contributed by atoms with Gasteiger partial charge in [0.05, 0.1) is 0 Å². The summed E-state index contributed by atoms with van der Waals surface area (Å²) in [5.41, 5.74) is 0. The largest absolute Gasteiger partial charge is 0.480 e. The Labute approximate surface area is 319 Å². The third-order valence-corrected chi connectivity index (χ3v) is 8.85. The number of carbonyl (C=O) groups is 3. The zero-order valence-electron chi connectivity index (χ0n) is 33.4. The molecule has 0 saturated carbocycles. The second-order valence-electron chi connectivity index (χ2n) is 13.9. The molecular formula is C46H77NO5. The smallest absolute Gasteiger partial charge is 0.322 e. The molecule has 0 bridgehead atoms. The van der Waals surface area contributed by atoms with Crippen molar-refractivity contribution in [1.29, 1.82) is 0 Å². The van der Waals surface area contributed by atoms with Crippen LogP contribution in [0.3, 0.4) is 0 Å². The predicted molar refractivity (Wildman–Crippen MR) is 221 cm³/mol. The number of unbranched alkanes of at least 4 members (excludes halogenated alkanes) is 16. The van der Waals surface area contributed by atoms with Crippen molar-refractivity contribution in [3.63, 3.8) is 0 Å². The summed E-state index contributed by atoms with van der Waals surface area (Å²) < 4.78 is 5.91. The summed E-state index contributed by atoms with van der Waals surface area (Å²) in [4.78, 5) is 35.0. The number of rotatable bonds is 37. The van der Waals surface area contributed by atoms with Gasteiger partial charge in [0.2, 0.25) is 5.91 Å². The minimum absolute atomic E-state index is 0.100. The van der Waals surface area contributed by atoms with Gasteiger partial charge >= 0.3 is 11.9 Å². The number of hydrogen-bond acceptors (Lipinski definition) is 4. The van der Waals surface area contributed by atoms with Gasteiger partial charge in [-0.3, -0.25) is 14.4 Å². The lowest BCUT2D eigenvalue weighted by molar-refractivity contribution is -0.147. The predicted octanol–water partition coefficient (Wildman–Crippen LogP) is 13.0. The maximum absolute atomic E-state index is 12.7. The van der Waals surface area contributed by atoms with Gasteiger partial charge in [-0.25, -0.2) is 0 Å². The molecule has 52 heavy (non-hydrogen) atoms. The molecule has 0 aromatic heterocycles. The van der Waals surface area contributed by atoms with Crippen molar-refractivity contribution in [3.8, 4) is 0 Å². The van der Waals surface area contributed by atoms with Gasteiger partial charge in [0, 0.05) is 12.8 Å². The van der Waals surface area contributed by atoms with Gasteiger partial charge in [-0.15, -0.1) is 0 Å². The van der Waals surface area contributed by atoms with Gasteiger partial charge in [0.25, 0.3) is 0 Å². The van der Waals surface area contributed by atoms with E-state index in [0.717, 1.165) is 83.5 Å². The van der Waals surface area contributed by atoms with Gasteiger partial charge in [0.1, 0.15) is 12.6 Å². The van der Waals surface area contributed by atoms with Gasteiger partial charge in [-0.2, -0.15) is 0 Å². The van der Waals surface area contributed by atoms with E-state index in [0.29, 0.717) is 12.8 Å². The van der Waals surface area contributed by atoms with E-state index in [1.165, 1.54) is 77.0 Å². The van der Waals surface area contributed by atoms with Crippen LogP contribution in [0.5, 0.6) is 0 Å². The number of nitrogens with one attached hydrogen (secondary N) is 1. The molecule has 6 heteroatoms. The van der Waals surface area contributed by atoms with Crippen LogP contribution in [-0.2, 0) is 19.1 Å². The Morgan fingerprint density at radius 2 is 1.00 bits per heavy atom. The molecule has 1 atom stereocenters. The fourth-order valence-electron chi connectivity index (χ4n) is 5.75. The summed E-state index contributed by atoms with van der Waals surface area (Å²) in [5, 5.41) is 11.1. The lowest BCUT2D eigenvalue weighted by Gasteiger charge is -2.14. The molecular weight excluding hydrogens is 647 g/mol. The number of esters is 1. The molecule has 0 aliphatic carbocycles. The second-order valence-corrected chi connectivity index (χ2v) is 13.9. The van der Waals surface area contributed by atoms with Crippen molar-refractivity contribution in [1.82, 2.24) is 5.32 Å². The van der Waals surface area contributed by atoms with Crippen LogP contribution in [0, 0.1) is 0 Å². The molecule has 1 unspecified atom stereocenters. The number of allylic oxidation sites excluding steroid dienone is 11. The van der Waals surface area contributed by atoms with Crippen LogP contribution in [-0.4, -0.2) is 35.6 Å². The van der Waals surface area contributed by atoms with E-state index in [9.17, 15) is 14.4 Å². The summed E-state index contributed by atoms with van der Waals surface area (Å²) in [7, 11) is 0. The Morgan fingerprint density at radius 3 is 1.56 bits per heavy atom. The molecule has 0 radical (unpaired) electrons. The highest BCUT2D eigenvalue weighted by atomic mass is 16.5. The number of ether oxygens (including phenoxy) is 1. The van der Waals surface area contributed by atoms with Crippen molar-refractivity contribution in [2.24, 2.45) is 0 Å². The zero-order chi connectivity index (χ0) is 38.0. The lowest BCUT2D eigenvalue weighted by Crippen LogP contribution is -2.28. The van der Waals surface area contributed by atoms with Crippen molar-refractivity contribution in [2.45, 2.75) is 193 Å². The second kappa shape index (κ2) is 40.6. The molecule has 0 aromatic carbocycles. The molecule has 0 spiro atoms. The van der Waals surface area contributed by atoms with Crippen LogP contribution in [0.1, 0.15) is 187 Å². The SMILES string of the molecule is CC/C=C\C/C=C\C/C=C\C/C=C\C(CCCCCCCC(=O)NCC(=O)O)OC(=O)CCCCCCCCCCC/C=C\C/C=C\CCCCC. The number of amides is 1. The molecule has 296 valence electrons. The summed E-state index contributed by atoms with van der Waals surface area (Å²) in [6, 6.07) is 0. The molecule has 0 aliphatic rings. The molecule has 0 rings (SSSR count). The highest BCUT2D eigenvalue weighted by Crippen LogP contribution is 2.15. The Kier molecular flexibility index (Phi) is 38.2. The molecule has 1 amide bonds. The van der Waals surface area contributed by atoms with Crippen molar-refractivity contribution in [3.05, 3.63) is 72.9 Å². The van der Waals surface area contributed by atoms with Crippen LogP contribution in [0.2, 0.25) is 0 Å². The average Bonchev–Trinajstić information content (AvgIpc) is 3.13. The number of hydrogen-bond donors (Lipinski definition) is 2. The van der Waals surface area contributed by atoms with Crippen LogP contribution in [0.4, 0.5) is 0 Å². The number of carbonyl (C=O) groups excluding carboxylic acids is 2. The highest BCUT2D eigenvalue weighted by molar-refractivity contribution is 5.80. The maximum Gasteiger partial charge on any atom is 0.322 e. The van der Waals surface area contributed by atoms with Crippen LogP contribution in [0.25, 0.3) is 0 Å². The Balaban J connectivity index is 4.23. The zero-order valence-corrected chi connectivity index (χ0v) is 33.4. The van der Waals surface area contributed by atoms with E-state index in [-0.39, 0.29) is 24.5 Å². The van der Waals surface area contributed by atoms with E-state index in [1.807, 2.05) is 6.08 Å². The minimum atomic E-state index is -1.03. The molecule has 0 saturated heterocycles. The summed E-state index contributed by atoms with van der Waals surface area (Å²) in [5.74, 6) is -1.34. The van der Waals surface area contributed by atoms with E-state index < -0.39 is 5.97 Å². The Hall–Kier alpha value is -3.15. The molecule has 0 aromatic rings. The third kappa shape index (κ3) is 39.6. The summed E-state index contributed by atoms with van der Waals surface area (Å²) >= 11 is 0. The van der Waals surface area contributed by atoms with Crippen LogP contribution >= 0.6 is 0 Å². The first-order valence-corrected chi connectivity index (χ1v) is 21.1. The first-order valence-electron chi connectivity index (χ1n) is 21.1. The van der Waals surface area contributed by atoms with Crippen LogP contribution < -0.4 is 5.32 Å². The van der Waals surface area contributed by atoms with E-state index >= 15 is 0 Å². The fourth-order valence-corrected chi connectivity index (χ4v) is 5.75. The molecule has 0 aliphatic heterocycles. The van der Waals surface area contributed by atoms with Crippen molar-refractivity contribution >= 4 is 17.8 Å². The summed E-state index contributed by atoms with van der Waals surface area (Å²) in [6.45, 7) is 4.06. The number of aliphatic carboxylic acids is 1. The normalized spacial score (nSPS) is 12.8. The molecule has 2 N–H and O–H groups in total.